The second-order valence-electron chi connectivity index (χ2n) is 9.00. The molecule has 0 aliphatic heterocycles. The summed E-state index contributed by atoms with van der Waals surface area (Å²) in [4.78, 5) is 10.8. The van der Waals surface area contributed by atoms with Gasteiger partial charge in [0.25, 0.3) is 0 Å². The Morgan fingerprint density at radius 1 is 1.33 bits per heavy atom. The molecule has 0 heterocycles. The molecule has 5 atom stereocenters. The van der Waals surface area contributed by atoms with E-state index < -0.39 is 5.60 Å². The summed E-state index contributed by atoms with van der Waals surface area (Å²) in [5.74, 6) is 1.01. The van der Waals surface area contributed by atoms with Gasteiger partial charge in [-0.25, -0.2) is 0 Å². The summed E-state index contributed by atoms with van der Waals surface area (Å²) in [7, 11) is 0. The molecule has 154 valence electrons. The minimum atomic E-state index is -0.639. The number of unbranched alkanes of at least 4 members (excludes halogenated alkanes) is 3. The van der Waals surface area contributed by atoms with Crippen molar-refractivity contribution in [3.05, 3.63) is 23.8 Å². The topological polar surface area (TPSA) is 83.5 Å². The number of rotatable bonds is 12. The first-order chi connectivity index (χ1) is 12.8. The number of carbonyl (C=O) groups is 1. The predicted octanol–water partition coefficient (Wildman–Crippen LogP) is 4.25. The lowest BCUT2D eigenvalue weighted by molar-refractivity contribution is -0.118. The second kappa shape index (κ2) is 10.4. The average molecular weight is 378 g/mol. The van der Waals surface area contributed by atoms with Gasteiger partial charge in [-0.2, -0.15) is 0 Å². The van der Waals surface area contributed by atoms with Crippen LogP contribution in [0.2, 0.25) is 0 Å². The molecule has 4 nitrogen and oxygen atoms in total. The van der Waals surface area contributed by atoms with E-state index in [1.54, 1.807) is 0 Å². The lowest BCUT2D eigenvalue weighted by Gasteiger charge is -2.22. The van der Waals surface area contributed by atoms with Crippen LogP contribution in [-0.4, -0.2) is 27.8 Å². The van der Waals surface area contributed by atoms with Crippen LogP contribution in [0.4, 0.5) is 0 Å². The summed E-state index contributed by atoms with van der Waals surface area (Å²) >= 11 is 0. The molecule has 2 aliphatic rings. The smallest absolute Gasteiger partial charge is 0.217 e. The van der Waals surface area contributed by atoms with Gasteiger partial charge in [-0.05, 0) is 63.7 Å². The number of nitrogens with two attached hydrogens (primary N) is 1. The van der Waals surface area contributed by atoms with E-state index in [-0.39, 0.29) is 17.9 Å². The largest absolute Gasteiger partial charge is 0.392 e. The zero-order chi connectivity index (χ0) is 19.9. The number of primary amides is 1. The molecule has 0 unspecified atom stereocenters. The van der Waals surface area contributed by atoms with Crippen LogP contribution in [0, 0.1) is 17.8 Å². The summed E-state index contributed by atoms with van der Waals surface area (Å²) in [6, 6.07) is 0. The number of hydrogen-bond acceptors (Lipinski definition) is 3. The standard InChI is InChI=1S/C23H39NO3/c1-3-4-12-23(2,27)13-8-10-19-20-15-17(14-18(20)16-21(19)25)9-6-5-7-11-22(24)26/h8,10,14,18-21,25,27H,3-7,9,11-13,15-16H2,1-2H3,(H2,24,26)/t18-,19+,20-,21+,23-/m0/s1. The fraction of sp³-hybridized carbons (Fsp3) is 0.783. The van der Waals surface area contributed by atoms with Crippen molar-refractivity contribution >= 4 is 5.91 Å². The molecule has 4 heteroatoms. The Morgan fingerprint density at radius 2 is 2.11 bits per heavy atom. The first-order valence-electron chi connectivity index (χ1n) is 10.9. The van der Waals surface area contributed by atoms with Crippen molar-refractivity contribution in [2.75, 3.05) is 0 Å². The highest BCUT2D eigenvalue weighted by Crippen LogP contribution is 2.48. The molecule has 2 rings (SSSR count). The van der Waals surface area contributed by atoms with Crippen LogP contribution in [0.3, 0.4) is 0 Å². The van der Waals surface area contributed by atoms with E-state index in [2.05, 4.69) is 25.2 Å². The van der Waals surface area contributed by atoms with Gasteiger partial charge in [0.2, 0.25) is 5.91 Å². The molecule has 2 aliphatic carbocycles. The van der Waals surface area contributed by atoms with Gasteiger partial charge in [-0.15, -0.1) is 0 Å². The summed E-state index contributed by atoms with van der Waals surface area (Å²) < 4.78 is 0. The van der Waals surface area contributed by atoms with E-state index in [9.17, 15) is 15.0 Å². The summed E-state index contributed by atoms with van der Waals surface area (Å²) in [5, 5.41) is 20.9. The lowest BCUT2D eigenvalue weighted by Crippen LogP contribution is -2.23. The molecule has 0 aromatic rings. The molecule has 1 saturated carbocycles. The molecule has 1 fully saturated rings. The van der Waals surface area contributed by atoms with Crippen LogP contribution >= 0.6 is 0 Å². The number of allylic oxidation sites excluding steroid dienone is 2. The first kappa shape index (κ1) is 22.2. The van der Waals surface area contributed by atoms with E-state index in [0.29, 0.717) is 24.7 Å². The van der Waals surface area contributed by atoms with E-state index in [4.69, 9.17) is 5.73 Å². The Hall–Kier alpha value is -1.13. The summed E-state index contributed by atoms with van der Waals surface area (Å²) in [6.45, 7) is 4.05. The van der Waals surface area contributed by atoms with Crippen LogP contribution in [0.25, 0.3) is 0 Å². The van der Waals surface area contributed by atoms with Crippen molar-refractivity contribution in [3.63, 3.8) is 0 Å². The summed E-state index contributed by atoms with van der Waals surface area (Å²) in [5.41, 5.74) is 6.06. The fourth-order valence-corrected chi connectivity index (χ4v) is 4.76. The highest BCUT2D eigenvalue weighted by molar-refractivity contribution is 5.73. The maximum absolute atomic E-state index is 10.8. The van der Waals surface area contributed by atoms with Crippen LogP contribution < -0.4 is 5.73 Å². The van der Waals surface area contributed by atoms with Gasteiger partial charge in [0.1, 0.15) is 0 Å². The van der Waals surface area contributed by atoms with Crippen LogP contribution in [0.15, 0.2) is 23.8 Å². The van der Waals surface area contributed by atoms with Gasteiger partial charge in [0, 0.05) is 12.3 Å². The zero-order valence-corrected chi connectivity index (χ0v) is 17.2. The molecule has 1 amide bonds. The van der Waals surface area contributed by atoms with Crippen molar-refractivity contribution in [1.29, 1.82) is 0 Å². The van der Waals surface area contributed by atoms with E-state index >= 15 is 0 Å². The minimum Gasteiger partial charge on any atom is -0.392 e. The Morgan fingerprint density at radius 3 is 2.81 bits per heavy atom. The SMILES string of the molecule is CCCC[C@](C)(O)CC=C[C@@H]1[C@H]2CC(CCCCCC(N)=O)=C[C@H]2C[C@H]1O. The predicted molar refractivity (Wildman–Crippen MR) is 110 cm³/mol. The molecule has 0 saturated heterocycles. The number of hydrogen-bond donors (Lipinski definition) is 3. The maximum atomic E-state index is 10.8. The Balaban J connectivity index is 1.77. The summed E-state index contributed by atoms with van der Waals surface area (Å²) in [6.07, 6.45) is 16.6. The second-order valence-corrected chi connectivity index (χ2v) is 9.00. The van der Waals surface area contributed by atoms with E-state index in [1.807, 2.05) is 6.92 Å². The normalized spacial score (nSPS) is 29.7. The third-order valence-electron chi connectivity index (χ3n) is 6.36. The highest BCUT2D eigenvalue weighted by atomic mass is 16.3. The van der Waals surface area contributed by atoms with Gasteiger partial charge in [0.15, 0.2) is 0 Å². The van der Waals surface area contributed by atoms with Crippen molar-refractivity contribution in [2.24, 2.45) is 23.5 Å². The van der Waals surface area contributed by atoms with Crippen molar-refractivity contribution in [1.82, 2.24) is 0 Å². The number of aliphatic hydroxyl groups is 2. The van der Waals surface area contributed by atoms with Crippen LogP contribution in [0.1, 0.15) is 84.5 Å². The number of fused-ring (bicyclic) bond motifs is 1. The molecular formula is C23H39NO3. The van der Waals surface area contributed by atoms with Gasteiger partial charge in [0.05, 0.1) is 11.7 Å². The third kappa shape index (κ3) is 7.08. The molecule has 0 aromatic heterocycles. The average Bonchev–Trinajstić information content (AvgIpc) is 3.10. The highest BCUT2D eigenvalue weighted by Gasteiger charge is 2.43. The monoisotopic (exact) mass is 377 g/mol. The molecular weight excluding hydrogens is 338 g/mol. The van der Waals surface area contributed by atoms with E-state index in [1.165, 1.54) is 5.57 Å². The quantitative estimate of drug-likeness (QED) is 0.351. The zero-order valence-electron chi connectivity index (χ0n) is 17.2. The van der Waals surface area contributed by atoms with Crippen molar-refractivity contribution in [2.45, 2.75) is 96.2 Å². The van der Waals surface area contributed by atoms with Gasteiger partial charge < -0.3 is 15.9 Å². The van der Waals surface area contributed by atoms with Gasteiger partial charge >= 0.3 is 0 Å². The van der Waals surface area contributed by atoms with Gasteiger partial charge in [-0.3, -0.25) is 4.79 Å². The van der Waals surface area contributed by atoms with Crippen LogP contribution in [-0.2, 0) is 4.79 Å². The Labute approximate surface area is 164 Å². The Bertz CT molecular complexity index is 538. The van der Waals surface area contributed by atoms with Gasteiger partial charge in [-0.1, -0.05) is 50.0 Å². The van der Waals surface area contributed by atoms with Crippen molar-refractivity contribution in [3.8, 4) is 0 Å². The minimum absolute atomic E-state index is 0.207. The first-order valence-corrected chi connectivity index (χ1v) is 10.9. The van der Waals surface area contributed by atoms with Crippen molar-refractivity contribution < 1.29 is 15.0 Å². The molecule has 0 aromatic carbocycles. The number of amides is 1. The fourth-order valence-electron chi connectivity index (χ4n) is 4.76. The lowest BCUT2D eigenvalue weighted by atomic mass is 9.87. The maximum Gasteiger partial charge on any atom is 0.217 e. The van der Waals surface area contributed by atoms with Crippen LogP contribution in [0.5, 0.6) is 0 Å². The molecule has 0 bridgehead atoms. The molecule has 0 spiro atoms. The van der Waals surface area contributed by atoms with E-state index in [0.717, 1.165) is 57.8 Å². The number of carbonyl (C=O) groups excluding carboxylic acids is 1. The third-order valence-corrected chi connectivity index (χ3v) is 6.36. The molecule has 27 heavy (non-hydrogen) atoms. The Kier molecular flexibility index (Phi) is 8.56. The number of aliphatic hydroxyl groups excluding tert-OH is 1. The molecule has 4 N–H and O–H groups in total. The molecule has 0 radical (unpaired) electrons.